The number of amides is 1. The summed E-state index contributed by atoms with van der Waals surface area (Å²) in [5, 5.41) is 3.00. The van der Waals surface area contributed by atoms with Crippen LogP contribution < -0.4 is 5.32 Å². The Morgan fingerprint density at radius 3 is 2.60 bits per heavy atom. The third-order valence-electron chi connectivity index (χ3n) is 4.68. The highest BCUT2D eigenvalue weighted by Gasteiger charge is 2.22. The summed E-state index contributed by atoms with van der Waals surface area (Å²) in [5.74, 6) is -0.381. The number of fused-ring (bicyclic) bond motifs is 1. The first-order valence-electron chi connectivity index (χ1n) is 8.62. The van der Waals surface area contributed by atoms with E-state index in [4.69, 9.17) is 0 Å². The summed E-state index contributed by atoms with van der Waals surface area (Å²) in [6.45, 7) is 1.91. The van der Waals surface area contributed by atoms with Gasteiger partial charge in [-0.25, -0.2) is 8.42 Å². The third kappa shape index (κ3) is 4.28. The molecular weight excluding hydrogens is 334 g/mol. The zero-order valence-electron chi connectivity index (χ0n) is 14.4. The standard InChI is InChI=1S/C20H23NO3S/c1-15-9-11-17(12-10-15)25(23,24)14-13-20(22)21-19-8-4-6-16-5-2-3-7-18(16)19/h2-3,5,7,9-12,19H,4,6,8,13-14H2,1H3,(H,21,22)/t19-/m1/s1. The van der Waals surface area contributed by atoms with Crippen LogP contribution in [-0.4, -0.2) is 20.1 Å². The van der Waals surface area contributed by atoms with E-state index in [1.54, 1.807) is 24.3 Å². The van der Waals surface area contributed by atoms with Gasteiger partial charge < -0.3 is 5.32 Å². The maximum Gasteiger partial charge on any atom is 0.221 e. The molecule has 25 heavy (non-hydrogen) atoms. The first-order valence-corrected chi connectivity index (χ1v) is 10.3. The number of sulfone groups is 1. The van der Waals surface area contributed by atoms with E-state index in [-0.39, 0.29) is 29.0 Å². The highest BCUT2D eigenvalue weighted by atomic mass is 32.2. The van der Waals surface area contributed by atoms with Crippen molar-refractivity contribution in [1.29, 1.82) is 0 Å². The van der Waals surface area contributed by atoms with E-state index in [1.807, 2.05) is 25.1 Å². The van der Waals surface area contributed by atoms with Crippen LogP contribution in [0.15, 0.2) is 53.4 Å². The van der Waals surface area contributed by atoms with Gasteiger partial charge in [0.1, 0.15) is 0 Å². The molecule has 1 atom stereocenters. The van der Waals surface area contributed by atoms with Gasteiger partial charge >= 0.3 is 0 Å². The fourth-order valence-corrected chi connectivity index (χ4v) is 4.50. The van der Waals surface area contributed by atoms with Crippen LogP contribution in [0, 0.1) is 6.92 Å². The summed E-state index contributed by atoms with van der Waals surface area (Å²) < 4.78 is 24.7. The van der Waals surface area contributed by atoms with Crippen LogP contribution in [0.5, 0.6) is 0 Å². The molecular formula is C20H23NO3S. The summed E-state index contributed by atoms with van der Waals surface area (Å²) >= 11 is 0. The number of aryl methyl sites for hydroxylation is 2. The number of carbonyl (C=O) groups is 1. The van der Waals surface area contributed by atoms with Crippen LogP contribution in [-0.2, 0) is 21.1 Å². The lowest BCUT2D eigenvalue weighted by atomic mass is 9.88. The molecule has 0 fully saturated rings. The number of hydrogen-bond donors (Lipinski definition) is 1. The van der Waals surface area contributed by atoms with Crippen molar-refractivity contribution in [3.05, 3.63) is 65.2 Å². The van der Waals surface area contributed by atoms with E-state index in [0.717, 1.165) is 30.4 Å². The normalized spacial score (nSPS) is 16.9. The van der Waals surface area contributed by atoms with Crippen molar-refractivity contribution in [2.45, 2.75) is 43.5 Å². The molecule has 1 aliphatic rings. The first kappa shape index (κ1) is 17.7. The molecule has 0 aliphatic heterocycles. The second-order valence-corrected chi connectivity index (χ2v) is 8.70. The van der Waals surface area contributed by atoms with Crippen LogP contribution in [0.25, 0.3) is 0 Å². The quantitative estimate of drug-likeness (QED) is 0.892. The fraction of sp³-hybridized carbons (Fsp3) is 0.350. The average Bonchev–Trinajstić information content (AvgIpc) is 2.61. The second kappa shape index (κ2) is 7.40. The van der Waals surface area contributed by atoms with Gasteiger partial charge in [-0.1, -0.05) is 42.0 Å². The van der Waals surface area contributed by atoms with E-state index in [1.165, 1.54) is 5.56 Å². The van der Waals surface area contributed by atoms with E-state index in [9.17, 15) is 13.2 Å². The number of hydrogen-bond acceptors (Lipinski definition) is 3. The largest absolute Gasteiger partial charge is 0.349 e. The van der Waals surface area contributed by atoms with Crippen molar-refractivity contribution in [1.82, 2.24) is 5.32 Å². The second-order valence-electron chi connectivity index (χ2n) is 6.59. The Hall–Kier alpha value is -2.14. The van der Waals surface area contributed by atoms with Crippen LogP contribution in [0.3, 0.4) is 0 Å². The summed E-state index contributed by atoms with van der Waals surface area (Å²) in [7, 11) is -3.43. The highest BCUT2D eigenvalue weighted by Crippen LogP contribution is 2.29. The Balaban J connectivity index is 1.61. The molecule has 0 saturated heterocycles. The Morgan fingerprint density at radius 2 is 1.84 bits per heavy atom. The summed E-state index contributed by atoms with van der Waals surface area (Å²) in [6, 6.07) is 14.8. The van der Waals surface area contributed by atoms with Crippen molar-refractivity contribution in [3.8, 4) is 0 Å². The van der Waals surface area contributed by atoms with Gasteiger partial charge in [0.25, 0.3) is 0 Å². The summed E-state index contributed by atoms with van der Waals surface area (Å²) in [5.41, 5.74) is 3.43. The maximum absolute atomic E-state index is 12.4. The molecule has 3 rings (SSSR count). The predicted octanol–water partition coefficient (Wildman–Crippen LogP) is 3.35. The fourth-order valence-electron chi connectivity index (χ4n) is 3.26. The number of nitrogens with one attached hydrogen (secondary N) is 1. The highest BCUT2D eigenvalue weighted by molar-refractivity contribution is 7.91. The molecule has 0 spiro atoms. The van der Waals surface area contributed by atoms with Gasteiger partial charge in [0.15, 0.2) is 9.84 Å². The maximum atomic E-state index is 12.4. The molecule has 2 aromatic rings. The minimum atomic E-state index is -3.43. The summed E-state index contributed by atoms with van der Waals surface area (Å²) in [4.78, 5) is 12.5. The first-order chi connectivity index (χ1) is 12.0. The zero-order chi connectivity index (χ0) is 17.9. The van der Waals surface area contributed by atoms with Gasteiger partial charge in [-0.05, 0) is 49.4 Å². The minimum Gasteiger partial charge on any atom is -0.349 e. The van der Waals surface area contributed by atoms with Crippen molar-refractivity contribution in [3.63, 3.8) is 0 Å². The van der Waals surface area contributed by atoms with Gasteiger partial charge in [0.05, 0.1) is 16.7 Å². The van der Waals surface area contributed by atoms with Gasteiger partial charge in [-0.15, -0.1) is 0 Å². The van der Waals surface area contributed by atoms with Crippen LogP contribution >= 0.6 is 0 Å². The molecule has 0 bridgehead atoms. The van der Waals surface area contributed by atoms with E-state index in [2.05, 4.69) is 11.4 Å². The van der Waals surface area contributed by atoms with Crippen LogP contribution in [0.2, 0.25) is 0 Å². The molecule has 132 valence electrons. The lowest BCUT2D eigenvalue weighted by Gasteiger charge is -2.26. The predicted molar refractivity (Wildman–Crippen MR) is 98.1 cm³/mol. The smallest absolute Gasteiger partial charge is 0.221 e. The monoisotopic (exact) mass is 357 g/mol. The number of benzene rings is 2. The average molecular weight is 357 g/mol. The van der Waals surface area contributed by atoms with E-state index < -0.39 is 9.84 Å². The van der Waals surface area contributed by atoms with E-state index in [0.29, 0.717) is 0 Å². The number of carbonyl (C=O) groups excluding carboxylic acids is 1. The van der Waals surface area contributed by atoms with Crippen LogP contribution in [0.1, 0.15) is 42.0 Å². The van der Waals surface area contributed by atoms with Gasteiger partial charge in [0, 0.05) is 6.42 Å². The van der Waals surface area contributed by atoms with Crippen molar-refractivity contribution >= 4 is 15.7 Å². The SMILES string of the molecule is Cc1ccc(S(=O)(=O)CCC(=O)N[C@@H]2CCCc3ccccc32)cc1. The lowest BCUT2D eigenvalue weighted by molar-refractivity contribution is -0.121. The Labute approximate surface area is 149 Å². The Morgan fingerprint density at radius 1 is 1.12 bits per heavy atom. The molecule has 0 heterocycles. The molecule has 0 aromatic heterocycles. The van der Waals surface area contributed by atoms with Gasteiger partial charge in [-0.3, -0.25) is 4.79 Å². The molecule has 1 aliphatic carbocycles. The zero-order valence-corrected chi connectivity index (χ0v) is 15.2. The van der Waals surface area contributed by atoms with Crippen molar-refractivity contribution in [2.24, 2.45) is 0 Å². The summed E-state index contributed by atoms with van der Waals surface area (Å²) in [6.07, 6.45) is 2.94. The third-order valence-corrected chi connectivity index (χ3v) is 6.41. The molecule has 0 unspecified atom stereocenters. The molecule has 2 aromatic carbocycles. The minimum absolute atomic E-state index is 0.0143. The van der Waals surface area contributed by atoms with Crippen LogP contribution in [0.4, 0.5) is 0 Å². The molecule has 1 amide bonds. The molecule has 0 radical (unpaired) electrons. The number of rotatable bonds is 5. The Bertz CT molecular complexity index is 857. The van der Waals surface area contributed by atoms with E-state index >= 15 is 0 Å². The van der Waals surface area contributed by atoms with Crippen molar-refractivity contribution < 1.29 is 13.2 Å². The Kier molecular flexibility index (Phi) is 5.23. The van der Waals surface area contributed by atoms with Gasteiger partial charge in [0.2, 0.25) is 5.91 Å². The topological polar surface area (TPSA) is 63.2 Å². The molecule has 5 heteroatoms. The lowest BCUT2D eigenvalue weighted by Crippen LogP contribution is -2.32. The molecule has 4 nitrogen and oxygen atoms in total. The van der Waals surface area contributed by atoms with Crippen molar-refractivity contribution in [2.75, 3.05) is 5.75 Å². The molecule has 0 saturated carbocycles. The van der Waals surface area contributed by atoms with Gasteiger partial charge in [-0.2, -0.15) is 0 Å². The molecule has 1 N–H and O–H groups in total.